The number of rotatable bonds is 2. The van der Waals surface area contributed by atoms with Crippen LogP contribution in [0.5, 0.6) is 0 Å². The van der Waals surface area contributed by atoms with Crippen molar-refractivity contribution in [2.24, 2.45) is 0 Å². The molecule has 0 bridgehead atoms. The van der Waals surface area contributed by atoms with E-state index in [1.807, 2.05) is 0 Å². The van der Waals surface area contributed by atoms with Gasteiger partial charge in [-0.25, -0.2) is 4.98 Å². The van der Waals surface area contributed by atoms with E-state index in [0.717, 1.165) is 29.7 Å². The molecule has 0 spiro atoms. The van der Waals surface area contributed by atoms with Gasteiger partial charge in [0.1, 0.15) is 5.52 Å². The maximum Gasteiger partial charge on any atom is 0.276 e. The van der Waals surface area contributed by atoms with Gasteiger partial charge in [0.25, 0.3) is 5.91 Å². The summed E-state index contributed by atoms with van der Waals surface area (Å²) in [5, 5.41) is 13.2. The summed E-state index contributed by atoms with van der Waals surface area (Å²) in [7, 11) is 0. The van der Waals surface area contributed by atoms with Gasteiger partial charge in [-0.2, -0.15) is 5.10 Å². The van der Waals surface area contributed by atoms with Crippen molar-refractivity contribution in [3.8, 4) is 0 Å². The van der Waals surface area contributed by atoms with E-state index >= 15 is 0 Å². The molecule has 1 amide bonds. The Balaban J connectivity index is 1.61. The average molecular weight is 297 g/mol. The van der Waals surface area contributed by atoms with E-state index in [0.29, 0.717) is 29.4 Å². The third kappa shape index (κ3) is 2.15. The molecule has 3 heterocycles. The molecule has 2 aromatic heterocycles. The molecular weight excluding hydrogens is 282 g/mol. The summed E-state index contributed by atoms with van der Waals surface area (Å²) in [5.41, 5.74) is 4.52. The van der Waals surface area contributed by atoms with E-state index in [9.17, 15) is 4.79 Å². The Labute approximate surface area is 126 Å². The number of benzene rings is 1. The van der Waals surface area contributed by atoms with E-state index in [2.05, 4.69) is 25.8 Å². The van der Waals surface area contributed by atoms with E-state index in [4.69, 9.17) is 4.42 Å². The predicted octanol–water partition coefficient (Wildman–Crippen LogP) is 1.76. The van der Waals surface area contributed by atoms with Gasteiger partial charge in [0, 0.05) is 43.4 Å². The molecule has 1 aromatic carbocycles. The van der Waals surface area contributed by atoms with Crippen molar-refractivity contribution in [1.29, 1.82) is 0 Å². The molecule has 4 rings (SSSR count). The summed E-state index contributed by atoms with van der Waals surface area (Å²) in [6.07, 6.45) is 0.861. The van der Waals surface area contributed by atoms with Crippen LogP contribution in [-0.4, -0.2) is 27.6 Å². The normalized spacial score (nSPS) is 14.0. The van der Waals surface area contributed by atoms with Crippen molar-refractivity contribution in [1.82, 2.24) is 20.5 Å². The maximum atomic E-state index is 12.4. The number of aryl methyl sites for hydroxylation is 1. The highest BCUT2D eigenvalue weighted by Crippen LogP contribution is 2.21. The highest BCUT2D eigenvalue weighted by molar-refractivity contribution is 6.04. The quantitative estimate of drug-likeness (QED) is 0.670. The van der Waals surface area contributed by atoms with E-state index in [1.165, 1.54) is 0 Å². The summed E-state index contributed by atoms with van der Waals surface area (Å²) in [6.45, 7) is 3.36. The lowest BCUT2D eigenvalue weighted by molar-refractivity contribution is 0.102. The minimum atomic E-state index is -0.222. The van der Waals surface area contributed by atoms with Gasteiger partial charge in [0.2, 0.25) is 0 Å². The number of nitrogens with zero attached hydrogens (tertiary/aromatic N) is 2. The van der Waals surface area contributed by atoms with Gasteiger partial charge in [-0.1, -0.05) is 0 Å². The smallest absolute Gasteiger partial charge is 0.276 e. The molecule has 0 fully saturated rings. The zero-order chi connectivity index (χ0) is 15.1. The number of hydrogen-bond acceptors (Lipinski definition) is 5. The average Bonchev–Trinajstić information content (AvgIpc) is 3.09. The summed E-state index contributed by atoms with van der Waals surface area (Å²) >= 11 is 0. The number of aromatic amines is 1. The third-order valence-corrected chi connectivity index (χ3v) is 3.77. The number of anilines is 1. The number of hydrogen-bond donors (Lipinski definition) is 3. The molecule has 3 N–H and O–H groups in total. The highest BCUT2D eigenvalue weighted by Gasteiger charge is 2.21. The molecule has 0 radical (unpaired) electrons. The molecule has 0 saturated heterocycles. The number of H-pyrrole nitrogens is 1. The van der Waals surface area contributed by atoms with Gasteiger partial charge >= 0.3 is 0 Å². The first-order valence-electron chi connectivity index (χ1n) is 7.16. The molecule has 7 heteroatoms. The molecule has 0 unspecified atom stereocenters. The summed E-state index contributed by atoms with van der Waals surface area (Å²) < 4.78 is 5.43. The number of amides is 1. The Morgan fingerprint density at radius 1 is 1.41 bits per heavy atom. The van der Waals surface area contributed by atoms with Gasteiger partial charge in [0.05, 0.1) is 0 Å². The Morgan fingerprint density at radius 2 is 2.32 bits per heavy atom. The Kier molecular flexibility index (Phi) is 2.93. The van der Waals surface area contributed by atoms with Gasteiger partial charge in [0.15, 0.2) is 17.2 Å². The largest absolute Gasteiger partial charge is 0.441 e. The molecule has 0 aliphatic carbocycles. The van der Waals surface area contributed by atoms with E-state index in [-0.39, 0.29) is 5.91 Å². The van der Waals surface area contributed by atoms with Crippen LogP contribution in [-0.2, 0) is 13.0 Å². The first kappa shape index (κ1) is 13.0. The lowest BCUT2D eigenvalue weighted by Crippen LogP contribution is -2.25. The standard InChI is InChI=1S/C15H15N5O2/c1-8-17-12-6-9(2-3-13(12)22-8)18-15(21)14-10-7-16-5-4-11(10)19-20-14/h2-3,6,16H,4-5,7H2,1H3,(H,18,21)(H,19,20). The van der Waals surface area contributed by atoms with Gasteiger partial charge in [-0.15, -0.1) is 0 Å². The molecule has 1 aliphatic heterocycles. The van der Waals surface area contributed by atoms with Crippen LogP contribution in [0, 0.1) is 6.92 Å². The third-order valence-electron chi connectivity index (χ3n) is 3.77. The van der Waals surface area contributed by atoms with Crippen molar-refractivity contribution in [2.45, 2.75) is 19.9 Å². The lowest BCUT2D eigenvalue weighted by atomic mass is 10.1. The number of oxazole rings is 1. The molecule has 1 aliphatic rings. The fraction of sp³-hybridized carbons (Fsp3) is 0.267. The maximum absolute atomic E-state index is 12.4. The molecule has 112 valence electrons. The van der Waals surface area contributed by atoms with Gasteiger partial charge in [-0.3, -0.25) is 9.89 Å². The zero-order valence-electron chi connectivity index (χ0n) is 12.1. The van der Waals surface area contributed by atoms with Crippen molar-refractivity contribution < 1.29 is 9.21 Å². The predicted molar refractivity (Wildman–Crippen MR) is 80.7 cm³/mol. The second kappa shape index (κ2) is 4.96. The van der Waals surface area contributed by atoms with E-state index in [1.54, 1.807) is 25.1 Å². The van der Waals surface area contributed by atoms with Crippen LogP contribution in [0.3, 0.4) is 0 Å². The van der Waals surface area contributed by atoms with Crippen LogP contribution >= 0.6 is 0 Å². The van der Waals surface area contributed by atoms with Crippen molar-refractivity contribution in [2.75, 3.05) is 11.9 Å². The second-order valence-corrected chi connectivity index (χ2v) is 5.33. The summed E-state index contributed by atoms with van der Waals surface area (Å²) in [4.78, 5) is 16.7. The highest BCUT2D eigenvalue weighted by atomic mass is 16.3. The van der Waals surface area contributed by atoms with Crippen LogP contribution in [0.15, 0.2) is 22.6 Å². The molecule has 0 atom stereocenters. The molecule has 7 nitrogen and oxygen atoms in total. The van der Waals surface area contributed by atoms with Crippen molar-refractivity contribution >= 4 is 22.7 Å². The summed E-state index contributed by atoms with van der Waals surface area (Å²) in [6, 6.07) is 5.38. The monoisotopic (exact) mass is 297 g/mol. The molecule has 0 saturated carbocycles. The topological polar surface area (TPSA) is 95.8 Å². The molecular formula is C15H15N5O2. The number of carbonyl (C=O) groups excluding carboxylic acids is 1. The minimum absolute atomic E-state index is 0.222. The number of aromatic nitrogens is 3. The van der Waals surface area contributed by atoms with Crippen molar-refractivity contribution in [3.05, 3.63) is 41.0 Å². The van der Waals surface area contributed by atoms with Crippen LogP contribution in [0.4, 0.5) is 5.69 Å². The Bertz CT molecular complexity index is 864. The summed E-state index contributed by atoms with van der Waals surface area (Å²) in [5.74, 6) is 0.381. The first-order chi connectivity index (χ1) is 10.7. The number of carbonyl (C=O) groups is 1. The van der Waals surface area contributed by atoms with Crippen LogP contribution in [0.1, 0.15) is 27.6 Å². The van der Waals surface area contributed by atoms with Gasteiger partial charge < -0.3 is 15.1 Å². The second-order valence-electron chi connectivity index (χ2n) is 5.33. The number of nitrogens with one attached hydrogen (secondary N) is 3. The van der Waals surface area contributed by atoms with E-state index < -0.39 is 0 Å². The fourth-order valence-electron chi connectivity index (χ4n) is 2.72. The Hall–Kier alpha value is -2.67. The van der Waals surface area contributed by atoms with Crippen LogP contribution < -0.4 is 10.6 Å². The first-order valence-corrected chi connectivity index (χ1v) is 7.16. The zero-order valence-corrected chi connectivity index (χ0v) is 12.1. The van der Waals surface area contributed by atoms with Crippen molar-refractivity contribution in [3.63, 3.8) is 0 Å². The van der Waals surface area contributed by atoms with Crippen LogP contribution in [0.25, 0.3) is 11.1 Å². The molecule has 3 aromatic rings. The minimum Gasteiger partial charge on any atom is -0.441 e. The molecule has 22 heavy (non-hydrogen) atoms. The SMILES string of the molecule is Cc1nc2cc(NC(=O)c3n[nH]c4c3CNCC4)ccc2o1. The Morgan fingerprint density at radius 3 is 3.23 bits per heavy atom. The fourth-order valence-corrected chi connectivity index (χ4v) is 2.72. The van der Waals surface area contributed by atoms with Crippen LogP contribution in [0.2, 0.25) is 0 Å². The number of fused-ring (bicyclic) bond motifs is 2. The van der Waals surface area contributed by atoms with Gasteiger partial charge in [-0.05, 0) is 18.2 Å². The lowest BCUT2D eigenvalue weighted by Gasteiger charge is -2.12.